The molecule has 0 aliphatic heterocycles. The molecule has 0 saturated heterocycles. The van der Waals surface area contributed by atoms with Gasteiger partial charge in [0.1, 0.15) is 0 Å². The Morgan fingerprint density at radius 3 is 2.75 bits per heavy atom. The van der Waals surface area contributed by atoms with Crippen LogP contribution >= 0.6 is 0 Å². The molecule has 0 bridgehead atoms. The standard InChI is InChI=1S/C16H19N3O/c1-12-5-3-4-6-13(12)7-8-16(20)19(2)15-9-10-18-11-14(15)17/h3-6,9-11H,7-8,17H2,1-2H3. The molecule has 0 spiro atoms. The molecule has 2 N–H and O–H groups in total. The summed E-state index contributed by atoms with van der Waals surface area (Å²) in [7, 11) is 1.74. The van der Waals surface area contributed by atoms with E-state index in [-0.39, 0.29) is 5.91 Å². The van der Waals surface area contributed by atoms with Gasteiger partial charge in [-0.15, -0.1) is 0 Å². The van der Waals surface area contributed by atoms with Crippen LogP contribution in [0.2, 0.25) is 0 Å². The molecule has 4 nitrogen and oxygen atoms in total. The average molecular weight is 269 g/mol. The Bertz CT molecular complexity index is 610. The minimum absolute atomic E-state index is 0.0474. The fourth-order valence-electron chi connectivity index (χ4n) is 2.14. The maximum Gasteiger partial charge on any atom is 0.227 e. The third kappa shape index (κ3) is 3.15. The summed E-state index contributed by atoms with van der Waals surface area (Å²) in [6, 6.07) is 9.87. The minimum Gasteiger partial charge on any atom is -0.396 e. The maximum absolute atomic E-state index is 12.2. The van der Waals surface area contributed by atoms with Gasteiger partial charge in [0.05, 0.1) is 17.6 Å². The molecule has 1 amide bonds. The van der Waals surface area contributed by atoms with E-state index in [1.807, 2.05) is 12.1 Å². The quantitative estimate of drug-likeness (QED) is 0.928. The highest BCUT2D eigenvalue weighted by Gasteiger charge is 2.13. The maximum atomic E-state index is 12.2. The fraction of sp³-hybridized carbons (Fsp3) is 0.250. The van der Waals surface area contributed by atoms with Crippen LogP contribution in [0.1, 0.15) is 17.5 Å². The van der Waals surface area contributed by atoms with Crippen LogP contribution in [-0.4, -0.2) is 17.9 Å². The Morgan fingerprint density at radius 2 is 2.05 bits per heavy atom. The summed E-state index contributed by atoms with van der Waals surface area (Å²) in [5, 5.41) is 0. The van der Waals surface area contributed by atoms with Gasteiger partial charge in [0.2, 0.25) is 5.91 Å². The monoisotopic (exact) mass is 269 g/mol. The molecular formula is C16H19N3O. The molecule has 0 saturated carbocycles. The van der Waals surface area contributed by atoms with Crippen LogP contribution in [0.5, 0.6) is 0 Å². The first kappa shape index (κ1) is 14.1. The van der Waals surface area contributed by atoms with E-state index in [1.165, 1.54) is 11.1 Å². The van der Waals surface area contributed by atoms with Crippen molar-refractivity contribution in [2.45, 2.75) is 19.8 Å². The number of hydrogen-bond donors (Lipinski definition) is 1. The van der Waals surface area contributed by atoms with Crippen LogP contribution in [-0.2, 0) is 11.2 Å². The molecule has 1 heterocycles. The number of carbonyl (C=O) groups is 1. The molecule has 0 fully saturated rings. The van der Waals surface area contributed by atoms with E-state index in [2.05, 4.69) is 24.0 Å². The second kappa shape index (κ2) is 6.19. The number of pyridine rings is 1. The molecule has 4 heteroatoms. The van der Waals surface area contributed by atoms with Gasteiger partial charge >= 0.3 is 0 Å². The summed E-state index contributed by atoms with van der Waals surface area (Å²) >= 11 is 0. The summed E-state index contributed by atoms with van der Waals surface area (Å²) in [6.07, 6.45) is 4.39. The largest absolute Gasteiger partial charge is 0.396 e. The lowest BCUT2D eigenvalue weighted by Crippen LogP contribution is -2.27. The van der Waals surface area contributed by atoms with E-state index in [1.54, 1.807) is 30.4 Å². The van der Waals surface area contributed by atoms with E-state index in [4.69, 9.17) is 5.73 Å². The number of carbonyl (C=O) groups excluding carboxylic acids is 1. The molecular weight excluding hydrogens is 250 g/mol. The Hall–Kier alpha value is -2.36. The van der Waals surface area contributed by atoms with Gasteiger partial charge in [0.15, 0.2) is 0 Å². The van der Waals surface area contributed by atoms with Crippen molar-refractivity contribution in [2.24, 2.45) is 0 Å². The number of rotatable bonds is 4. The van der Waals surface area contributed by atoms with Crippen molar-refractivity contribution in [2.75, 3.05) is 17.7 Å². The van der Waals surface area contributed by atoms with Crippen molar-refractivity contribution in [3.63, 3.8) is 0 Å². The number of anilines is 2. The lowest BCUT2D eigenvalue weighted by molar-refractivity contribution is -0.118. The zero-order valence-corrected chi connectivity index (χ0v) is 11.8. The fourth-order valence-corrected chi connectivity index (χ4v) is 2.14. The summed E-state index contributed by atoms with van der Waals surface area (Å²) in [6.45, 7) is 2.06. The van der Waals surface area contributed by atoms with Gasteiger partial charge in [-0.3, -0.25) is 9.78 Å². The highest BCUT2D eigenvalue weighted by atomic mass is 16.2. The van der Waals surface area contributed by atoms with Gasteiger partial charge < -0.3 is 10.6 Å². The predicted molar refractivity (Wildman–Crippen MR) is 81.6 cm³/mol. The van der Waals surface area contributed by atoms with Crippen LogP contribution < -0.4 is 10.6 Å². The Labute approximate surface area is 119 Å². The number of nitrogens with zero attached hydrogens (tertiary/aromatic N) is 2. The molecule has 1 aromatic heterocycles. The smallest absolute Gasteiger partial charge is 0.227 e. The van der Waals surface area contributed by atoms with E-state index >= 15 is 0 Å². The normalized spacial score (nSPS) is 10.3. The first-order valence-electron chi connectivity index (χ1n) is 6.60. The van der Waals surface area contributed by atoms with E-state index < -0.39 is 0 Å². The van der Waals surface area contributed by atoms with E-state index in [9.17, 15) is 4.79 Å². The minimum atomic E-state index is 0.0474. The number of hydrogen-bond acceptors (Lipinski definition) is 3. The molecule has 0 aliphatic carbocycles. The van der Waals surface area contributed by atoms with Crippen LogP contribution in [0.4, 0.5) is 11.4 Å². The van der Waals surface area contributed by atoms with E-state index in [0.717, 1.165) is 6.42 Å². The third-order valence-corrected chi connectivity index (χ3v) is 3.43. The van der Waals surface area contributed by atoms with Crippen molar-refractivity contribution in [3.05, 3.63) is 53.9 Å². The first-order valence-corrected chi connectivity index (χ1v) is 6.60. The van der Waals surface area contributed by atoms with Crippen molar-refractivity contribution in [1.82, 2.24) is 4.98 Å². The second-order valence-electron chi connectivity index (χ2n) is 4.81. The molecule has 0 unspecified atom stereocenters. The van der Waals surface area contributed by atoms with Gasteiger partial charge in [-0.1, -0.05) is 24.3 Å². The van der Waals surface area contributed by atoms with Crippen molar-refractivity contribution < 1.29 is 4.79 Å². The summed E-state index contributed by atoms with van der Waals surface area (Å²) in [4.78, 5) is 17.8. The predicted octanol–water partition coefficient (Wildman–Crippen LogP) is 2.57. The molecule has 20 heavy (non-hydrogen) atoms. The number of nitrogen functional groups attached to an aromatic ring is 1. The van der Waals surface area contributed by atoms with Crippen molar-refractivity contribution in [1.29, 1.82) is 0 Å². The lowest BCUT2D eigenvalue weighted by Gasteiger charge is -2.19. The Morgan fingerprint density at radius 1 is 1.30 bits per heavy atom. The van der Waals surface area contributed by atoms with Crippen LogP contribution in [0.3, 0.4) is 0 Å². The number of aromatic nitrogens is 1. The number of amides is 1. The zero-order valence-electron chi connectivity index (χ0n) is 11.8. The highest BCUT2D eigenvalue weighted by molar-refractivity contribution is 5.95. The molecule has 2 rings (SSSR count). The van der Waals surface area contributed by atoms with Gasteiger partial charge in [-0.05, 0) is 30.5 Å². The Balaban J connectivity index is 2.02. The first-order chi connectivity index (χ1) is 9.59. The van der Waals surface area contributed by atoms with Crippen LogP contribution in [0, 0.1) is 6.92 Å². The molecule has 0 atom stereocenters. The summed E-state index contributed by atoms with van der Waals surface area (Å²) in [5.41, 5.74) is 9.47. The number of nitrogens with two attached hydrogens (primary N) is 1. The lowest BCUT2D eigenvalue weighted by atomic mass is 10.0. The zero-order chi connectivity index (χ0) is 14.5. The van der Waals surface area contributed by atoms with Gasteiger partial charge in [-0.25, -0.2) is 0 Å². The number of benzene rings is 1. The van der Waals surface area contributed by atoms with Crippen molar-refractivity contribution >= 4 is 17.3 Å². The number of aryl methyl sites for hydroxylation is 2. The van der Waals surface area contributed by atoms with Gasteiger partial charge in [0.25, 0.3) is 0 Å². The summed E-state index contributed by atoms with van der Waals surface area (Å²) < 4.78 is 0. The van der Waals surface area contributed by atoms with Crippen LogP contribution in [0.25, 0.3) is 0 Å². The molecule has 104 valence electrons. The molecule has 0 radical (unpaired) electrons. The highest BCUT2D eigenvalue weighted by Crippen LogP contribution is 2.21. The second-order valence-corrected chi connectivity index (χ2v) is 4.81. The van der Waals surface area contributed by atoms with Crippen molar-refractivity contribution in [3.8, 4) is 0 Å². The van der Waals surface area contributed by atoms with E-state index in [0.29, 0.717) is 17.8 Å². The van der Waals surface area contributed by atoms with Gasteiger partial charge in [0, 0.05) is 19.7 Å². The average Bonchev–Trinajstić information content (AvgIpc) is 2.46. The third-order valence-electron chi connectivity index (χ3n) is 3.43. The molecule has 2 aromatic rings. The SMILES string of the molecule is Cc1ccccc1CCC(=O)N(C)c1ccncc1N. The molecule has 0 aliphatic rings. The Kier molecular flexibility index (Phi) is 4.35. The van der Waals surface area contributed by atoms with Crippen LogP contribution in [0.15, 0.2) is 42.7 Å². The topological polar surface area (TPSA) is 59.2 Å². The molecule has 1 aromatic carbocycles. The van der Waals surface area contributed by atoms with Gasteiger partial charge in [-0.2, -0.15) is 0 Å². The summed E-state index contributed by atoms with van der Waals surface area (Å²) in [5.74, 6) is 0.0474.